The Labute approximate surface area is 127 Å². The first-order valence-corrected chi connectivity index (χ1v) is 6.23. The molecule has 0 spiro atoms. The maximum Gasteiger partial charge on any atom is 0.573 e. The smallest absolute Gasteiger partial charge is 0.461 e. The second kappa shape index (κ2) is 6.23. The van der Waals surface area contributed by atoms with Crippen LogP contribution in [-0.4, -0.2) is 23.9 Å². The topological polar surface area (TPSA) is 48.4 Å². The van der Waals surface area contributed by atoms with Gasteiger partial charge in [0.15, 0.2) is 11.4 Å². The highest BCUT2D eigenvalue weighted by atomic mass is 127. The molecule has 1 aromatic heterocycles. The molecular weight excluding hydrogens is 423 g/mol. The Morgan fingerprint density at radius 2 is 1.86 bits per heavy atom. The maximum absolute atomic E-state index is 12.9. The number of esters is 1. The van der Waals surface area contributed by atoms with Gasteiger partial charge in [-0.05, 0) is 29.5 Å². The van der Waals surface area contributed by atoms with Crippen LogP contribution in [0.1, 0.15) is 23.0 Å². The predicted molar refractivity (Wildman–Crippen MR) is 64.6 cm³/mol. The SMILES string of the molecule is CCOC(=O)c1ncc(OC(F)(F)F)c(C(F)(F)F)c1I. The van der Waals surface area contributed by atoms with E-state index in [1.165, 1.54) is 6.92 Å². The average Bonchev–Trinajstić information content (AvgIpc) is 2.24. The van der Waals surface area contributed by atoms with Gasteiger partial charge in [0.2, 0.25) is 0 Å². The van der Waals surface area contributed by atoms with Gasteiger partial charge in [-0.3, -0.25) is 0 Å². The van der Waals surface area contributed by atoms with Crippen molar-refractivity contribution in [3.05, 3.63) is 21.0 Å². The largest absolute Gasteiger partial charge is 0.573 e. The average molecular weight is 429 g/mol. The minimum atomic E-state index is -5.32. The molecule has 1 aromatic rings. The molecule has 0 atom stereocenters. The Bertz CT molecular complexity index is 543. The highest BCUT2D eigenvalue weighted by Crippen LogP contribution is 2.41. The third kappa shape index (κ3) is 4.61. The molecule has 11 heteroatoms. The van der Waals surface area contributed by atoms with Gasteiger partial charge in [0.05, 0.1) is 16.4 Å². The second-order valence-corrected chi connectivity index (χ2v) is 4.50. The molecule has 0 aliphatic heterocycles. The van der Waals surface area contributed by atoms with E-state index in [1.54, 1.807) is 0 Å². The summed E-state index contributed by atoms with van der Waals surface area (Å²) in [4.78, 5) is 14.7. The highest BCUT2D eigenvalue weighted by molar-refractivity contribution is 14.1. The Balaban J connectivity index is 3.43. The van der Waals surface area contributed by atoms with Crippen molar-refractivity contribution >= 4 is 28.6 Å². The molecule has 0 saturated carbocycles. The van der Waals surface area contributed by atoms with Gasteiger partial charge in [-0.2, -0.15) is 13.2 Å². The number of carbonyl (C=O) groups is 1. The molecule has 0 fully saturated rings. The monoisotopic (exact) mass is 429 g/mol. The summed E-state index contributed by atoms with van der Waals surface area (Å²) in [6.45, 7) is 1.29. The van der Waals surface area contributed by atoms with E-state index in [1.807, 2.05) is 0 Å². The van der Waals surface area contributed by atoms with E-state index in [9.17, 15) is 31.1 Å². The highest BCUT2D eigenvalue weighted by Gasteiger charge is 2.43. The number of rotatable bonds is 3. The first kappa shape index (κ1) is 17.8. The fourth-order valence-corrected chi connectivity index (χ4v) is 2.21. The van der Waals surface area contributed by atoms with Crippen LogP contribution in [0.3, 0.4) is 0 Å². The van der Waals surface area contributed by atoms with E-state index in [0.717, 1.165) is 22.6 Å². The van der Waals surface area contributed by atoms with Gasteiger partial charge in [-0.25, -0.2) is 9.78 Å². The van der Waals surface area contributed by atoms with Crippen LogP contribution in [0.5, 0.6) is 5.75 Å². The van der Waals surface area contributed by atoms with Gasteiger partial charge in [0.1, 0.15) is 5.56 Å². The van der Waals surface area contributed by atoms with Crippen LogP contribution in [0, 0.1) is 3.57 Å². The van der Waals surface area contributed by atoms with Gasteiger partial charge >= 0.3 is 18.5 Å². The number of aromatic nitrogens is 1. The van der Waals surface area contributed by atoms with Crippen molar-refractivity contribution in [1.29, 1.82) is 0 Å². The summed E-state index contributed by atoms with van der Waals surface area (Å²) in [6, 6.07) is 0. The molecule has 21 heavy (non-hydrogen) atoms. The number of pyridine rings is 1. The molecule has 0 aromatic carbocycles. The van der Waals surface area contributed by atoms with E-state index in [0.29, 0.717) is 0 Å². The number of alkyl halides is 6. The Hall–Kier alpha value is -1.27. The first-order chi connectivity index (χ1) is 9.47. The van der Waals surface area contributed by atoms with Crippen molar-refractivity contribution < 1.29 is 40.6 Å². The zero-order valence-electron chi connectivity index (χ0n) is 10.1. The Morgan fingerprint density at radius 3 is 2.29 bits per heavy atom. The summed E-state index contributed by atoms with van der Waals surface area (Å²) in [5.41, 5.74) is -2.47. The molecule has 0 aliphatic rings. The number of nitrogens with zero attached hydrogens (tertiary/aromatic N) is 1. The van der Waals surface area contributed by atoms with Crippen LogP contribution < -0.4 is 4.74 Å². The maximum atomic E-state index is 12.9. The van der Waals surface area contributed by atoms with Gasteiger partial charge in [-0.15, -0.1) is 13.2 Å². The van der Waals surface area contributed by atoms with Gasteiger partial charge in [0, 0.05) is 0 Å². The van der Waals surface area contributed by atoms with Crippen molar-refractivity contribution in [2.45, 2.75) is 19.5 Å². The summed E-state index contributed by atoms with van der Waals surface area (Å²) in [5.74, 6) is -2.71. The van der Waals surface area contributed by atoms with Crippen molar-refractivity contribution in [1.82, 2.24) is 4.98 Å². The second-order valence-electron chi connectivity index (χ2n) is 3.43. The van der Waals surface area contributed by atoms with Gasteiger partial charge in [-0.1, -0.05) is 0 Å². The summed E-state index contributed by atoms with van der Waals surface area (Å²) in [7, 11) is 0. The lowest BCUT2D eigenvalue weighted by Gasteiger charge is -2.17. The molecule has 4 nitrogen and oxygen atoms in total. The summed E-state index contributed by atoms with van der Waals surface area (Å²) >= 11 is 1.07. The number of hydrogen-bond acceptors (Lipinski definition) is 4. The number of hydrogen-bond donors (Lipinski definition) is 0. The third-order valence-corrected chi connectivity index (χ3v) is 3.01. The molecule has 0 N–H and O–H groups in total. The van der Waals surface area contributed by atoms with Crippen molar-refractivity contribution in [3.63, 3.8) is 0 Å². The van der Waals surface area contributed by atoms with Crippen molar-refractivity contribution in [2.24, 2.45) is 0 Å². The lowest BCUT2D eigenvalue weighted by atomic mass is 10.2. The van der Waals surface area contributed by atoms with E-state index >= 15 is 0 Å². The number of carbonyl (C=O) groups excluding carboxylic acids is 1. The van der Waals surface area contributed by atoms with Crippen LogP contribution in [0.4, 0.5) is 26.3 Å². The minimum absolute atomic E-state index is 0.126. The fraction of sp³-hybridized carbons (Fsp3) is 0.400. The fourth-order valence-electron chi connectivity index (χ4n) is 1.28. The normalized spacial score (nSPS) is 12.2. The van der Waals surface area contributed by atoms with Crippen molar-refractivity contribution in [3.8, 4) is 5.75 Å². The molecule has 1 heterocycles. The zero-order valence-corrected chi connectivity index (χ0v) is 12.3. The van der Waals surface area contributed by atoms with Crippen LogP contribution in [0.2, 0.25) is 0 Å². The van der Waals surface area contributed by atoms with Gasteiger partial charge in [0.25, 0.3) is 0 Å². The molecule has 0 bridgehead atoms. The molecule has 0 unspecified atom stereocenters. The lowest BCUT2D eigenvalue weighted by Crippen LogP contribution is -2.23. The van der Waals surface area contributed by atoms with Crippen molar-refractivity contribution in [2.75, 3.05) is 6.61 Å². The molecule has 0 saturated heterocycles. The molecule has 118 valence electrons. The number of halogens is 7. The van der Waals surface area contributed by atoms with E-state index in [2.05, 4.69) is 14.5 Å². The lowest BCUT2D eigenvalue weighted by molar-refractivity contribution is -0.276. The van der Waals surface area contributed by atoms with Gasteiger partial charge < -0.3 is 9.47 Å². The van der Waals surface area contributed by atoms with E-state index < -0.39 is 39.1 Å². The Morgan fingerprint density at radius 1 is 1.29 bits per heavy atom. The van der Waals surface area contributed by atoms with Crippen LogP contribution >= 0.6 is 22.6 Å². The molecule has 0 aliphatic carbocycles. The number of ether oxygens (including phenoxy) is 2. The van der Waals surface area contributed by atoms with Crippen LogP contribution in [0.25, 0.3) is 0 Å². The van der Waals surface area contributed by atoms with Crippen LogP contribution in [0.15, 0.2) is 6.20 Å². The van der Waals surface area contributed by atoms with Crippen LogP contribution in [-0.2, 0) is 10.9 Å². The van der Waals surface area contributed by atoms with E-state index in [4.69, 9.17) is 0 Å². The summed E-state index contributed by atoms with van der Waals surface area (Å²) in [6.07, 6.45) is -10.3. The third-order valence-electron chi connectivity index (χ3n) is 1.96. The molecule has 0 amide bonds. The summed E-state index contributed by atoms with van der Waals surface area (Å²) < 4.78 is 81.9. The molecule has 0 radical (unpaired) electrons. The summed E-state index contributed by atoms with van der Waals surface area (Å²) in [5, 5.41) is 0. The Kier molecular flexibility index (Phi) is 5.28. The first-order valence-electron chi connectivity index (χ1n) is 5.16. The standard InChI is InChI=1S/C10H6F6INO3/c1-2-20-8(19)7-6(17)5(9(11,12)13)4(3-18-7)21-10(14,15)16/h3H,2H2,1H3. The quantitative estimate of drug-likeness (QED) is 0.417. The zero-order chi connectivity index (χ0) is 16.4. The predicted octanol–water partition coefficient (Wildman–Crippen LogP) is 3.78. The molecular formula is C10H6F6INO3. The molecule has 1 rings (SSSR count). The van der Waals surface area contributed by atoms with E-state index in [-0.39, 0.29) is 12.8 Å². The minimum Gasteiger partial charge on any atom is -0.461 e.